The lowest BCUT2D eigenvalue weighted by molar-refractivity contribution is -0.123. The van der Waals surface area contributed by atoms with Crippen LogP contribution < -0.4 is 10.0 Å². The van der Waals surface area contributed by atoms with Crippen LogP contribution in [0.25, 0.3) is 0 Å². The Morgan fingerprint density at radius 3 is 2.28 bits per heavy atom. The van der Waals surface area contributed by atoms with Crippen molar-refractivity contribution < 1.29 is 13.2 Å². The topological polar surface area (TPSA) is 75.3 Å². The summed E-state index contributed by atoms with van der Waals surface area (Å²) in [5.74, 6) is -0.416. The van der Waals surface area contributed by atoms with Crippen LogP contribution in [0.5, 0.6) is 0 Å². The van der Waals surface area contributed by atoms with Gasteiger partial charge in [-0.1, -0.05) is 45.7 Å². The van der Waals surface area contributed by atoms with E-state index in [4.69, 9.17) is 11.6 Å². The predicted octanol–water partition coefficient (Wildman–Crippen LogP) is 3.65. The minimum atomic E-state index is -3.81. The number of hydrogen-bond donors (Lipinski definition) is 2. The predicted molar refractivity (Wildman–Crippen MR) is 102 cm³/mol. The maximum absolute atomic E-state index is 12.3. The van der Waals surface area contributed by atoms with E-state index in [0.29, 0.717) is 5.02 Å². The third kappa shape index (κ3) is 5.28. The maximum Gasteiger partial charge on any atom is 0.241 e. The molecule has 0 spiro atoms. The number of halogens is 2. The molecule has 2 unspecified atom stereocenters. The van der Waals surface area contributed by atoms with Crippen LogP contribution in [-0.4, -0.2) is 20.4 Å². The van der Waals surface area contributed by atoms with Crippen LogP contribution in [0.2, 0.25) is 5.02 Å². The molecule has 2 atom stereocenters. The molecule has 0 fully saturated rings. The van der Waals surface area contributed by atoms with Crippen LogP contribution in [0.15, 0.2) is 57.9 Å². The number of carbonyl (C=O) groups excluding carboxylic acids is 1. The highest BCUT2D eigenvalue weighted by molar-refractivity contribution is 9.10. The van der Waals surface area contributed by atoms with Gasteiger partial charge >= 0.3 is 0 Å². The van der Waals surface area contributed by atoms with Crippen LogP contribution in [-0.2, 0) is 14.8 Å². The molecule has 2 aromatic carbocycles. The lowest BCUT2D eigenvalue weighted by Gasteiger charge is -2.19. The highest BCUT2D eigenvalue weighted by atomic mass is 79.9. The molecule has 2 aromatic rings. The SMILES string of the molecule is CC(NS(=O)(=O)c1ccc(Cl)cc1)C(=O)NC(C)c1ccccc1Br. The molecule has 0 aliphatic carbocycles. The molecular formula is C17H18BrClN2O3S. The van der Waals surface area contributed by atoms with Crippen molar-refractivity contribution >= 4 is 43.5 Å². The Morgan fingerprint density at radius 2 is 1.68 bits per heavy atom. The van der Waals surface area contributed by atoms with Gasteiger partial charge in [-0.15, -0.1) is 0 Å². The summed E-state index contributed by atoms with van der Waals surface area (Å²) in [5, 5.41) is 3.24. The van der Waals surface area contributed by atoms with Gasteiger partial charge in [-0.3, -0.25) is 4.79 Å². The Labute approximate surface area is 161 Å². The molecule has 0 aromatic heterocycles. The van der Waals surface area contributed by atoms with Crippen LogP contribution in [0.1, 0.15) is 25.5 Å². The van der Waals surface area contributed by atoms with Crippen molar-refractivity contribution in [2.75, 3.05) is 0 Å². The van der Waals surface area contributed by atoms with Gasteiger partial charge in [-0.05, 0) is 49.7 Å². The first-order valence-electron chi connectivity index (χ1n) is 7.53. The maximum atomic E-state index is 12.3. The van der Waals surface area contributed by atoms with Crippen LogP contribution >= 0.6 is 27.5 Å². The van der Waals surface area contributed by atoms with Crippen molar-refractivity contribution in [2.24, 2.45) is 0 Å². The quantitative estimate of drug-likeness (QED) is 0.713. The fourth-order valence-corrected chi connectivity index (χ4v) is 4.17. The molecular weight excluding hydrogens is 428 g/mol. The highest BCUT2D eigenvalue weighted by Gasteiger charge is 2.23. The molecule has 2 rings (SSSR count). The second-order valence-corrected chi connectivity index (χ2v) is 8.55. The van der Waals surface area contributed by atoms with Crippen molar-refractivity contribution in [3.05, 3.63) is 63.6 Å². The monoisotopic (exact) mass is 444 g/mol. The average molecular weight is 446 g/mol. The zero-order chi connectivity index (χ0) is 18.6. The second-order valence-electron chi connectivity index (χ2n) is 5.55. The standard InChI is InChI=1S/C17H18BrClN2O3S/c1-11(15-5-3-4-6-16(15)18)20-17(22)12(2)21-25(23,24)14-9-7-13(19)8-10-14/h3-12,21H,1-2H3,(H,20,22). The van der Waals surface area contributed by atoms with Crippen LogP contribution in [0.3, 0.4) is 0 Å². The Kier molecular flexibility index (Phi) is 6.62. The number of benzene rings is 2. The number of amides is 1. The van der Waals surface area contributed by atoms with Gasteiger partial charge in [-0.2, -0.15) is 4.72 Å². The minimum Gasteiger partial charge on any atom is -0.348 e. The highest BCUT2D eigenvalue weighted by Crippen LogP contribution is 2.22. The van der Waals surface area contributed by atoms with Gasteiger partial charge in [-0.25, -0.2) is 8.42 Å². The number of nitrogens with one attached hydrogen (secondary N) is 2. The molecule has 0 bridgehead atoms. The molecule has 0 radical (unpaired) electrons. The number of rotatable bonds is 6. The number of carbonyl (C=O) groups is 1. The summed E-state index contributed by atoms with van der Waals surface area (Å²) >= 11 is 9.20. The van der Waals surface area contributed by atoms with Crippen molar-refractivity contribution in [3.8, 4) is 0 Å². The molecule has 2 N–H and O–H groups in total. The van der Waals surface area contributed by atoms with Gasteiger partial charge in [0.05, 0.1) is 17.0 Å². The van der Waals surface area contributed by atoms with Crippen molar-refractivity contribution in [2.45, 2.75) is 30.8 Å². The largest absolute Gasteiger partial charge is 0.348 e. The molecule has 0 heterocycles. The Morgan fingerprint density at radius 1 is 1.08 bits per heavy atom. The molecule has 0 saturated carbocycles. The van der Waals surface area contributed by atoms with Gasteiger partial charge in [0.1, 0.15) is 0 Å². The van der Waals surface area contributed by atoms with Crippen molar-refractivity contribution in [1.29, 1.82) is 0 Å². The Bertz CT molecular complexity index is 856. The molecule has 25 heavy (non-hydrogen) atoms. The van der Waals surface area contributed by atoms with E-state index in [1.807, 2.05) is 31.2 Å². The lowest BCUT2D eigenvalue weighted by Crippen LogP contribution is -2.45. The zero-order valence-electron chi connectivity index (χ0n) is 13.7. The molecule has 1 amide bonds. The molecule has 0 aliphatic heterocycles. The Balaban J connectivity index is 2.05. The number of hydrogen-bond acceptors (Lipinski definition) is 3. The lowest BCUT2D eigenvalue weighted by atomic mass is 10.1. The normalized spacial score (nSPS) is 13.9. The van der Waals surface area contributed by atoms with Gasteiger partial charge in [0.25, 0.3) is 0 Å². The van der Waals surface area contributed by atoms with E-state index in [1.165, 1.54) is 31.2 Å². The van der Waals surface area contributed by atoms with E-state index in [9.17, 15) is 13.2 Å². The fourth-order valence-electron chi connectivity index (χ4n) is 2.21. The molecule has 0 aliphatic rings. The van der Waals surface area contributed by atoms with Crippen molar-refractivity contribution in [1.82, 2.24) is 10.0 Å². The first-order chi connectivity index (χ1) is 11.7. The molecule has 5 nitrogen and oxygen atoms in total. The third-order valence-electron chi connectivity index (χ3n) is 3.58. The zero-order valence-corrected chi connectivity index (χ0v) is 16.8. The summed E-state index contributed by atoms with van der Waals surface area (Å²) in [6, 6.07) is 12.1. The summed E-state index contributed by atoms with van der Waals surface area (Å²) < 4.78 is 27.9. The smallest absolute Gasteiger partial charge is 0.241 e. The third-order valence-corrected chi connectivity index (χ3v) is 6.11. The van der Waals surface area contributed by atoms with Gasteiger partial charge < -0.3 is 5.32 Å². The summed E-state index contributed by atoms with van der Waals surface area (Å²) in [4.78, 5) is 12.4. The summed E-state index contributed by atoms with van der Waals surface area (Å²) in [7, 11) is -3.81. The minimum absolute atomic E-state index is 0.0513. The first-order valence-corrected chi connectivity index (χ1v) is 10.2. The van der Waals surface area contributed by atoms with E-state index < -0.39 is 22.0 Å². The summed E-state index contributed by atoms with van der Waals surface area (Å²) in [6.07, 6.45) is 0. The molecule has 8 heteroatoms. The van der Waals surface area contributed by atoms with Crippen molar-refractivity contribution in [3.63, 3.8) is 0 Å². The van der Waals surface area contributed by atoms with E-state index in [0.717, 1.165) is 10.0 Å². The summed E-state index contributed by atoms with van der Waals surface area (Å²) in [6.45, 7) is 3.33. The van der Waals surface area contributed by atoms with Gasteiger partial charge in [0.2, 0.25) is 15.9 Å². The van der Waals surface area contributed by atoms with Crippen LogP contribution in [0, 0.1) is 0 Å². The van der Waals surface area contributed by atoms with Gasteiger partial charge in [0, 0.05) is 9.50 Å². The van der Waals surface area contributed by atoms with E-state index in [-0.39, 0.29) is 10.9 Å². The fraction of sp³-hybridized carbons (Fsp3) is 0.235. The van der Waals surface area contributed by atoms with Crippen LogP contribution in [0.4, 0.5) is 0 Å². The first kappa shape index (κ1) is 19.9. The van der Waals surface area contributed by atoms with E-state index >= 15 is 0 Å². The van der Waals surface area contributed by atoms with E-state index in [1.54, 1.807) is 0 Å². The Hall–Kier alpha value is -1.41. The second kappa shape index (κ2) is 8.31. The van der Waals surface area contributed by atoms with E-state index in [2.05, 4.69) is 26.0 Å². The van der Waals surface area contributed by atoms with Gasteiger partial charge in [0.15, 0.2) is 0 Å². The molecule has 134 valence electrons. The molecule has 0 saturated heterocycles. The average Bonchev–Trinajstić information content (AvgIpc) is 2.55. The number of sulfonamides is 1. The summed E-state index contributed by atoms with van der Waals surface area (Å²) in [5.41, 5.74) is 0.906.